The summed E-state index contributed by atoms with van der Waals surface area (Å²) in [6.07, 6.45) is 1.62. The fourth-order valence-electron chi connectivity index (χ4n) is 4.28. The Morgan fingerprint density at radius 2 is 1.77 bits per heavy atom. The highest BCUT2D eigenvalue weighted by Crippen LogP contribution is 2.31. The number of sulfonamides is 1. The normalized spacial score (nSPS) is 24.0. The number of benzene rings is 1. The molecule has 0 aliphatic carbocycles. The van der Waals surface area contributed by atoms with Crippen LogP contribution in [0.2, 0.25) is 0 Å². The molecule has 10 heteroatoms. The molecule has 0 aromatic heterocycles. The smallest absolute Gasteiger partial charge is 0.257 e. The molecule has 2 heterocycles. The average molecular weight is 443 g/mol. The van der Waals surface area contributed by atoms with Gasteiger partial charge in [0.1, 0.15) is 17.2 Å². The molecule has 2 aliphatic heterocycles. The lowest BCUT2D eigenvalue weighted by atomic mass is 9.90. The number of aliphatic imine (C=N–C) groups is 1. The van der Waals surface area contributed by atoms with E-state index < -0.39 is 32.1 Å². The second-order valence-electron chi connectivity index (χ2n) is 8.71. The number of guanidine groups is 1. The first-order chi connectivity index (χ1) is 13.9. The Kier molecular flexibility index (Phi) is 6.20. The van der Waals surface area contributed by atoms with Crippen molar-refractivity contribution in [2.75, 3.05) is 19.6 Å². The zero-order valence-corrected chi connectivity index (χ0v) is 18.3. The van der Waals surface area contributed by atoms with Gasteiger partial charge in [0.25, 0.3) is 5.91 Å². The summed E-state index contributed by atoms with van der Waals surface area (Å²) in [7, 11) is -3.99. The van der Waals surface area contributed by atoms with Crippen molar-refractivity contribution in [2.24, 2.45) is 22.6 Å². The van der Waals surface area contributed by atoms with Gasteiger partial charge in [-0.05, 0) is 50.2 Å². The largest absolute Gasteiger partial charge is 0.369 e. The SMILES string of the molecule is CC(C)CC1(C)N=C(N)N(CC2CCN(S(=O)(=O)c3cc(F)cc(F)c3)CC2)C1=O. The lowest BCUT2D eigenvalue weighted by Crippen LogP contribution is -2.47. The van der Waals surface area contributed by atoms with E-state index in [1.165, 1.54) is 9.21 Å². The minimum absolute atomic E-state index is 0.0554. The number of amides is 1. The minimum atomic E-state index is -3.99. The highest BCUT2D eigenvalue weighted by Gasteiger charge is 2.45. The summed E-state index contributed by atoms with van der Waals surface area (Å²) in [6, 6.07) is 2.28. The van der Waals surface area contributed by atoms with Gasteiger partial charge >= 0.3 is 0 Å². The van der Waals surface area contributed by atoms with Crippen LogP contribution in [0.25, 0.3) is 0 Å². The number of carbonyl (C=O) groups excluding carboxylic acids is 1. The van der Waals surface area contributed by atoms with Crippen molar-refractivity contribution in [3.05, 3.63) is 29.8 Å². The molecule has 0 saturated carbocycles. The molecular weight excluding hydrogens is 414 g/mol. The first-order valence-electron chi connectivity index (χ1n) is 10.1. The predicted octanol–water partition coefficient (Wildman–Crippen LogP) is 2.33. The molecule has 0 bridgehead atoms. The molecule has 7 nitrogen and oxygen atoms in total. The molecule has 1 aromatic carbocycles. The molecule has 1 saturated heterocycles. The molecule has 1 unspecified atom stereocenters. The molecule has 1 fully saturated rings. The molecule has 2 aliphatic rings. The van der Waals surface area contributed by atoms with E-state index in [1.807, 2.05) is 13.8 Å². The molecule has 0 spiro atoms. The molecular formula is C20H28F2N4O3S. The van der Waals surface area contributed by atoms with Gasteiger partial charge < -0.3 is 5.73 Å². The summed E-state index contributed by atoms with van der Waals surface area (Å²) >= 11 is 0. The van der Waals surface area contributed by atoms with Crippen LogP contribution in [0.3, 0.4) is 0 Å². The summed E-state index contributed by atoms with van der Waals surface area (Å²) in [5, 5.41) is 0. The van der Waals surface area contributed by atoms with Crippen LogP contribution < -0.4 is 5.73 Å². The molecule has 1 aromatic rings. The van der Waals surface area contributed by atoms with Crippen LogP contribution in [0, 0.1) is 23.5 Å². The van der Waals surface area contributed by atoms with Gasteiger partial charge in [-0.3, -0.25) is 9.69 Å². The zero-order chi connectivity index (χ0) is 22.3. The molecule has 30 heavy (non-hydrogen) atoms. The van der Waals surface area contributed by atoms with Gasteiger partial charge in [-0.2, -0.15) is 4.31 Å². The van der Waals surface area contributed by atoms with Gasteiger partial charge in [-0.1, -0.05) is 13.8 Å². The van der Waals surface area contributed by atoms with Crippen molar-refractivity contribution in [1.29, 1.82) is 0 Å². The van der Waals surface area contributed by atoms with Crippen LogP contribution in [-0.2, 0) is 14.8 Å². The molecule has 0 radical (unpaired) electrons. The fourth-order valence-corrected chi connectivity index (χ4v) is 5.79. The maximum absolute atomic E-state index is 13.4. The second kappa shape index (κ2) is 8.22. The van der Waals surface area contributed by atoms with E-state index in [4.69, 9.17) is 5.73 Å². The Balaban J connectivity index is 1.64. The van der Waals surface area contributed by atoms with E-state index in [1.54, 1.807) is 6.92 Å². The Morgan fingerprint density at radius 3 is 2.30 bits per heavy atom. The number of hydrogen-bond acceptors (Lipinski definition) is 5. The Bertz CT molecular complexity index is 939. The molecule has 1 amide bonds. The van der Waals surface area contributed by atoms with Crippen molar-refractivity contribution in [1.82, 2.24) is 9.21 Å². The van der Waals surface area contributed by atoms with Crippen LogP contribution in [0.1, 0.15) is 40.0 Å². The number of nitrogens with two attached hydrogens (primary N) is 1. The van der Waals surface area contributed by atoms with Crippen LogP contribution >= 0.6 is 0 Å². The summed E-state index contributed by atoms with van der Waals surface area (Å²) < 4.78 is 53.6. The van der Waals surface area contributed by atoms with Gasteiger partial charge in [0, 0.05) is 25.7 Å². The van der Waals surface area contributed by atoms with E-state index in [2.05, 4.69) is 4.99 Å². The molecule has 2 N–H and O–H groups in total. The number of rotatable bonds is 6. The molecule has 3 rings (SSSR count). The standard InChI is InChI=1S/C20H28F2N4O3S/c1-13(2)11-20(3)18(27)26(19(23)24-20)12-14-4-6-25(7-5-14)30(28,29)17-9-15(21)8-16(22)10-17/h8-10,13-14H,4-7,11-12H2,1-3H3,(H2,23,24). The average Bonchev–Trinajstić information content (AvgIpc) is 2.83. The van der Waals surface area contributed by atoms with Gasteiger partial charge in [0.2, 0.25) is 10.0 Å². The van der Waals surface area contributed by atoms with E-state index in [0.29, 0.717) is 31.9 Å². The van der Waals surface area contributed by atoms with Crippen molar-refractivity contribution in [2.45, 2.75) is 50.5 Å². The number of piperidine rings is 1. The third kappa shape index (κ3) is 4.49. The number of hydrogen-bond donors (Lipinski definition) is 1. The summed E-state index contributed by atoms with van der Waals surface area (Å²) in [6.45, 7) is 6.61. The second-order valence-corrected chi connectivity index (χ2v) is 10.6. The molecule has 1 atom stereocenters. The summed E-state index contributed by atoms with van der Waals surface area (Å²) in [5.41, 5.74) is 5.16. The van der Waals surface area contributed by atoms with Crippen molar-refractivity contribution in [3.63, 3.8) is 0 Å². The van der Waals surface area contributed by atoms with Crippen molar-refractivity contribution >= 4 is 21.9 Å². The fraction of sp³-hybridized carbons (Fsp3) is 0.600. The minimum Gasteiger partial charge on any atom is -0.369 e. The summed E-state index contributed by atoms with van der Waals surface area (Å²) in [4.78, 5) is 18.4. The Hall–Kier alpha value is -2.07. The highest BCUT2D eigenvalue weighted by molar-refractivity contribution is 7.89. The van der Waals surface area contributed by atoms with Gasteiger partial charge in [0.15, 0.2) is 5.96 Å². The number of nitrogens with zero attached hydrogens (tertiary/aromatic N) is 3. The van der Waals surface area contributed by atoms with Crippen LogP contribution in [0.5, 0.6) is 0 Å². The summed E-state index contributed by atoms with van der Waals surface area (Å²) in [5.74, 6) is -1.45. The van der Waals surface area contributed by atoms with Crippen molar-refractivity contribution in [3.8, 4) is 0 Å². The molecule has 166 valence electrons. The lowest BCUT2D eigenvalue weighted by molar-refractivity contribution is -0.131. The third-order valence-corrected chi connectivity index (χ3v) is 7.51. The van der Waals surface area contributed by atoms with E-state index in [-0.39, 0.29) is 36.8 Å². The van der Waals surface area contributed by atoms with Crippen LogP contribution in [-0.4, -0.2) is 54.7 Å². The van der Waals surface area contributed by atoms with Gasteiger partial charge in [-0.25, -0.2) is 22.2 Å². The topological polar surface area (TPSA) is 96.1 Å². The van der Waals surface area contributed by atoms with Gasteiger partial charge in [0.05, 0.1) is 4.90 Å². The third-order valence-electron chi connectivity index (χ3n) is 5.64. The number of carbonyl (C=O) groups is 1. The first kappa shape index (κ1) is 22.6. The Labute approximate surface area is 176 Å². The lowest BCUT2D eigenvalue weighted by Gasteiger charge is -2.33. The van der Waals surface area contributed by atoms with E-state index in [0.717, 1.165) is 12.1 Å². The van der Waals surface area contributed by atoms with Gasteiger partial charge in [-0.15, -0.1) is 0 Å². The number of halogens is 2. The van der Waals surface area contributed by atoms with E-state index >= 15 is 0 Å². The zero-order valence-electron chi connectivity index (χ0n) is 17.4. The van der Waals surface area contributed by atoms with Crippen LogP contribution in [0.4, 0.5) is 8.78 Å². The van der Waals surface area contributed by atoms with Crippen molar-refractivity contribution < 1.29 is 22.0 Å². The monoisotopic (exact) mass is 442 g/mol. The highest BCUT2D eigenvalue weighted by atomic mass is 32.2. The quantitative estimate of drug-likeness (QED) is 0.731. The predicted molar refractivity (Wildman–Crippen MR) is 109 cm³/mol. The maximum atomic E-state index is 13.4. The first-order valence-corrected chi connectivity index (χ1v) is 11.5. The Morgan fingerprint density at radius 1 is 1.20 bits per heavy atom. The van der Waals surface area contributed by atoms with E-state index in [9.17, 15) is 22.0 Å². The van der Waals surface area contributed by atoms with Crippen LogP contribution in [0.15, 0.2) is 28.1 Å². The maximum Gasteiger partial charge on any atom is 0.257 e.